The molecule has 288 valence electrons. The minimum atomic E-state index is -4.75. The zero-order valence-electron chi connectivity index (χ0n) is 31.5. The van der Waals surface area contributed by atoms with Crippen molar-refractivity contribution in [2.45, 2.75) is 206 Å². The number of hydrogen-bond donors (Lipinski definition) is 2. The van der Waals surface area contributed by atoms with E-state index in [9.17, 15) is 14.2 Å². The van der Waals surface area contributed by atoms with Gasteiger partial charge in [0.1, 0.15) is 6.61 Å². The summed E-state index contributed by atoms with van der Waals surface area (Å²) in [5.74, 6) is -0.0856. The SMILES string of the molecule is CCCCCC1OC1C/C=C\CCCCCCCC(=O)OC[C@H](COP(=O)(O)O)OC(=O)CCCCCCCCCCCCCCC(C)C. The van der Waals surface area contributed by atoms with Crippen LogP contribution in [0.1, 0.15) is 188 Å². The van der Waals surface area contributed by atoms with Gasteiger partial charge < -0.3 is 24.0 Å². The molecule has 0 aliphatic carbocycles. The summed E-state index contributed by atoms with van der Waals surface area (Å²) in [5, 5.41) is 0. The summed E-state index contributed by atoms with van der Waals surface area (Å²) in [7, 11) is -4.75. The number of epoxide rings is 1. The highest BCUT2D eigenvalue weighted by molar-refractivity contribution is 7.46. The highest BCUT2D eigenvalue weighted by Gasteiger charge is 2.36. The minimum Gasteiger partial charge on any atom is -0.462 e. The van der Waals surface area contributed by atoms with Gasteiger partial charge in [0.25, 0.3) is 0 Å². The van der Waals surface area contributed by atoms with Crippen LogP contribution >= 0.6 is 7.82 Å². The van der Waals surface area contributed by atoms with Crippen molar-refractivity contribution in [3.05, 3.63) is 12.2 Å². The molecule has 9 nitrogen and oxygen atoms in total. The van der Waals surface area contributed by atoms with Crippen LogP contribution in [0, 0.1) is 5.92 Å². The Kier molecular flexibility index (Phi) is 28.4. The van der Waals surface area contributed by atoms with Gasteiger partial charge in [-0.3, -0.25) is 14.1 Å². The molecule has 1 saturated heterocycles. The van der Waals surface area contributed by atoms with Crippen LogP contribution in [0.5, 0.6) is 0 Å². The van der Waals surface area contributed by atoms with E-state index in [0.717, 1.165) is 63.7 Å². The lowest BCUT2D eigenvalue weighted by Gasteiger charge is -2.18. The first-order chi connectivity index (χ1) is 23.6. The van der Waals surface area contributed by atoms with E-state index in [1.54, 1.807) is 0 Å². The molecule has 0 radical (unpaired) electrons. The molecule has 0 aromatic rings. The van der Waals surface area contributed by atoms with Crippen molar-refractivity contribution in [3.8, 4) is 0 Å². The number of unbranched alkanes of at least 4 members (excludes halogenated alkanes) is 18. The zero-order valence-corrected chi connectivity index (χ0v) is 32.4. The minimum absolute atomic E-state index is 0.210. The van der Waals surface area contributed by atoms with Crippen LogP contribution in [-0.2, 0) is 32.9 Å². The van der Waals surface area contributed by atoms with E-state index < -0.39 is 32.5 Å². The molecule has 0 spiro atoms. The van der Waals surface area contributed by atoms with E-state index in [1.807, 2.05) is 0 Å². The second-order valence-electron chi connectivity index (χ2n) is 14.5. The third kappa shape index (κ3) is 31.2. The predicted molar refractivity (Wildman–Crippen MR) is 197 cm³/mol. The standard InChI is InChI=1S/C39H73O9P/c1-4-5-22-28-36-37(48-36)29-24-19-15-12-13-16-20-25-30-38(40)45-32-35(33-46-49(42,43)44)47-39(41)31-26-21-17-11-9-7-6-8-10-14-18-23-27-34(2)3/h19,24,34-37H,4-18,20-23,25-33H2,1-3H3,(H2,42,43,44)/b24-19-/t35-,36?,37?/m1/s1. The van der Waals surface area contributed by atoms with Crippen molar-refractivity contribution in [1.29, 1.82) is 0 Å². The molecule has 10 heteroatoms. The molecular formula is C39H73O9P. The first-order valence-electron chi connectivity index (χ1n) is 20.0. The fraction of sp³-hybridized carbons (Fsp3) is 0.897. The number of phosphoric acid groups is 1. The van der Waals surface area contributed by atoms with E-state index in [1.165, 1.54) is 83.5 Å². The highest BCUT2D eigenvalue weighted by Crippen LogP contribution is 2.36. The molecule has 1 rings (SSSR count). The monoisotopic (exact) mass is 716 g/mol. The summed E-state index contributed by atoms with van der Waals surface area (Å²) in [4.78, 5) is 42.8. The van der Waals surface area contributed by atoms with Crippen LogP contribution in [0.3, 0.4) is 0 Å². The lowest BCUT2D eigenvalue weighted by atomic mass is 10.0. The van der Waals surface area contributed by atoms with Crippen LogP contribution in [-0.4, -0.2) is 53.3 Å². The van der Waals surface area contributed by atoms with E-state index >= 15 is 0 Å². The van der Waals surface area contributed by atoms with E-state index in [-0.39, 0.29) is 19.4 Å². The lowest BCUT2D eigenvalue weighted by Crippen LogP contribution is -2.29. The van der Waals surface area contributed by atoms with Crippen molar-refractivity contribution in [1.82, 2.24) is 0 Å². The van der Waals surface area contributed by atoms with E-state index in [2.05, 4.69) is 37.4 Å². The lowest BCUT2D eigenvalue weighted by molar-refractivity contribution is -0.161. The van der Waals surface area contributed by atoms with Crippen LogP contribution < -0.4 is 0 Å². The third-order valence-corrected chi connectivity index (χ3v) is 9.62. The van der Waals surface area contributed by atoms with E-state index in [0.29, 0.717) is 25.0 Å². The molecular weight excluding hydrogens is 643 g/mol. The molecule has 1 aliphatic heterocycles. The topological polar surface area (TPSA) is 132 Å². The fourth-order valence-corrected chi connectivity index (χ4v) is 6.40. The molecule has 0 aromatic carbocycles. The Balaban J connectivity index is 2.06. The van der Waals surface area contributed by atoms with Crippen molar-refractivity contribution in [3.63, 3.8) is 0 Å². The Bertz CT molecular complexity index is 888. The van der Waals surface area contributed by atoms with Crippen LogP contribution in [0.15, 0.2) is 12.2 Å². The van der Waals surface area contributed by atoms with Gasteiger partial charge in [-0.15, -0.1) is 0 Å². The number of rotatable bonds is 35. The Morgan fingerprint density at radius 1 is 0.694 bits per heavy atom. The van der Waals surface area contributed by atoms with Gasteiger partial charge in [-0.1, -0.05) is 148 Å². The first-order valence-corrected chi connectivity index (χ1v) is 21.5. The summed E-state index contributed by atoms with van der Waals surface area (Å²) < 4.78 is 32.1. The third-order valence-electron chi connectivity index (χ3n) is 9.14. The first kappa shape index (κ1) is 45.8. The van der Waals surface area contributed by atoms with Crippen molar-refractivity contribution < 1.29 is 42.7 Å². The number of allylic oxidation sites excluding steroid dienone is 1. The fourth-order valence-electron chi connectivity index (χ4n) is 6.03. The van der Waals surface area contributed by atoms with Gasteiger partial charge in [-0.2, -0.15) is 0 Å². The van der Waals surface area contributed by atoms with Gasteiger partial charge in [0, 0.05) is 12.8 Å². The highest BCUT2D eigenvalue weighted by atomic mass is 31.2. The maximum absolute atomic E-state index is 12.4. The van der Waals surface area contributed by atoms with Crippen molar-refractivity contribution >= 4 is 19.8 Å². The second-order valence-corrected chi connectivity index (χ2v) is 15.7. The number of ether oxygens (including phenoxy) is 3. The smallest absolute Gasteiger partial charge is 0.462 e. The van der Waals surface area contributed by atoms with Crippen molar-refractivity contribution in [2.75, 3.05) is 13.2 Å². The van der Waals surface area contributed by atoms with Crippen LogP contribution in [0.25, 0.3) is 0 Å². The van der Waals surface area contributed by atoms with Crippen LogP contribution in [0.2, 0.25) is 0 Å². The summed E-state index contributed by atoms with van der Waals surface area (Å²) >= 11 is 0. The Labute approximate surface area is 299 Å². The number of carbonyl (C=O) groups is 2. The zero-order chi connectivity index (χ0) is 36.0. The summed E-state index contributed by atoms with van der Waals surface area (Å²) in [6, 6.07) is 0. The van der Waals surface area contributed by atoms with Gasteiger partial charge >= 0.3 is 19.8 Å². The summed E-state index contributed by atoms with van der Waals surface area (Å²) in [6.45, 7) is 5.97. The Morgan fingerprint density at radius 2 is 1.24 bits per heavy atom. The molecule has 49 heavy (non-hydrogen) atoms. The van der Waals surface area contributed by atoms with Gasteiger partial charge in [-0.05, 0) is 44.4 Å². The average molecular weight is 717 g/mol. The van der Waals surface area contributed by atoms with Gasteiger partial charge in [0.15, 0.2) is 6.10 Å². The molecule has 0 aromatic heterocycles. The van der Waals surface area contributed by atoms with Crippen molar-refractivity contribution in [2.24, 2.45) is 5.92 Å². The normalized spacial score (nSPS) is 16.8. The van der Waals surface area contributed by atoms with Gasteiger partial charge in [0.2, 0.25) is 0 Å². The van der Waals surface area contributed by atoms with Crippen LogP contribution in [0.4, 0.5) is 0 Å². The maximum Gasteiger partial charge on any atom is 0.469 e. The molecule has 1 fully saturated rings. The number of hydrogen-bond acceptors (Lipinski definition) is 7. The Hall–Kier alpha value is -1.25. The average Bonchev–Trinajstić information content (AvgIpc) is 3.80. The molecule has 0 bridgehead atoms. The van der Waals surface area contributed by atoms with E-state index in [4.69, 9.17) is 24.0 Å². The quantitative estimate of drug-likeness (QED) is 0.0216. The number of carbonyl (C=O) groups excluding carboxylic acids is 2. The molecule has 1 heterocycles. The maximum atomic E-state index is 12.4. The molecule has 2 N–H and O–H groups in total. The number of phosphoric ester groups is 1. The molecule has 3 atom stereocenters. The molecule has 2 unspecified atom stereocenters. The van der Waals surface area contributed by atoms with Gasteiger partial charge in [-0.25, -0.2) is 4.57 Å². The summed E-state index contributed by atoms with van der Waals surface area (Å²) in [6.07, 6.45) is 32.5. The molecule has 0 saturated carbocycles. The Morgan fingerprint density at radius 3 is 1.82 bits per heavy atom. The largest absolute Gasteiger partial charge is 0.469 e. The second kappa shape index (κ2) is 30.4. The molecule has 0 amide bonds. The molecule has 1 aliphatic rings. The predicted octanol–water partition coefficient (Wildman–Crippen LogP) is 10.7. The summed E-state index contributed by atoms with van der Waals surface area (Å²) in [5.41, 5.74) is 0. The number of esters is 2. The van der Waals surface area contributed by atoms with Gasteiger partial charge in [0.05, 0.1) is 18.8 Å².